The maximum Gasteiger partial charge on any atom is 0.338 e. The topological polar surface area (TPSA) is 219 Å². The van der Waals surface area contributed by atoms with Gasteiger partial charge in [-0.05, 0) is 24.6 Å². The number of aliphatic hydroxyl groups excluding tert-OH is 3. The van der Waals surface area contributed by atoms with Gasteiger partial charge in [0.05, 0.1) is 37.0 Å². The van der Waals surface area contributed by atoms with Crippen molar-refractivity contribution < 1.29 is 68.7 Å². The number of carboxylic acids is 2. The van der Waals surface area contributed by atoms with E-state index < -0.39 is 73.3 Å². The van der Waals surface area contributed by atoms with Crippen LogP contribution in [0.3, 0.4) is 0 Å². The maximum atomic E-state index is 12.8. The van der Waals surface area contributed by atoms with Crippen LogP contribution < -0.4 is 4.74 Å². The van der Waals surface area contributed by atoms with Gasteiger partial charge >= 0.3 is 17.9 Å². The summed E-state index contributed by atoms with van der Waals surface area (Å²) in [6.07, 6.45) is -7.36. The molecule has 1 saturated heterocycles. The Morgan fingerprint density at radius 1 is 1.05 bits per heavy atom. The summed E-state index contributed by atoms with van der Waals surface area (Å²) in [5, 5.41) is 60.0. The van der Waals surface area contributed by atoms with E-state index in [2.05, 4.69) is 0 Å². The average Bonchev–Trinajstić information content (AvgIpc) is 3.34. The Morgan fingerprint density at radius 2 is 1.76 bits per heavy atom. The number of hydrogen-bond donors (Lipinski definition) is 6. The Bertz CT molecular complexity index is 1160. The van der Waals surface area contributed by atoms with E-state index in [1.54, 1.807) is 0 Å². The zero-order chi connectivity index (χ0) is 27.7. The number of carbonyl (C=O) groups excluding carboxylic acids is 1. The van der Waals surface area contributed by atoms with Gasteiger partial charge in [0.2, 0.25) is 6.29 Å². The average molecular weight is 538 g/mol. The van der Waals surface area contributed by atoms with Gasteiger partial charge in [0.15, 0.2) is 23.9 Å². The first-order valence-corrected chi connectivity index (χ1v) is 11.4. The maximum absolute atomic E-state index is 12.8. The van der Waals surface area contributed by atoms with E-state index in [1.165, 1.54) is 31.4 Å². The molecule has 4 rings (SSSR count). The molecule has 1 aromatic carbocycles. The monoisotopic (exact) mass is 538 g/mol. The van der Waals surface area contributed by atoms with Gasteiger partial charge in [0.1, 0.15) is 18.3 Å². The molecule has 0 amide bonds. The van der Waals surface area contributed by atoms with Crippen molar-refractivity contribution in [3.05, 3.63) is 47.2 Å². The second-order valence-corrected chi connectivity index (χ2v) is 8.81. The van der Waals surface area contributed by atoms with Crippen LogP contribution in [0.2, 0.25) is 0 Å². The molecule has 6 N–H and O–H groups in total. The standard InChI is InChI=1S/C24H26O14/c1-34-14-6-9(2-5-13(14)26)22(33)37-19-17(27)15(7-25)36-24(18(19)28)38-23-16-10(3-4-11(16)20(29)30)12(8-35-23)21(31)32/h2,4-6,8,10,15-19,23-28H,3,7H2,1H3,(H,29,30)(H,31,32). The van der Waals surface area contributed by atoms with Crippen LogP contribution in [0, 0.1) is 11.8 Å². The van der Waals surface area contributed by atoms with E-state index in [9.17, 15) is 45.0 Å². The number of aliphatic carboxylic acids is 2. The van der Waals surface area contributed by atoms with Crippen LogP contribution in [0.1, 0.15) is 16.8 Å². The van der Waals surface area contributed by atoms with E-state index in [1.807, 2.05) is 0 Å². The Labute approximate surface area is 214 Å². The normalized spacial score (nSPS) is 32.3. The number of aliphatic hydroxyl groups is 3. The van der Waals surface area contributed by atoms with Crippen molar-refractivity contribution in [2.24, 2.45) is 11.8 Å². The lowest BCUT2D eigenvalue weighted by atomic mass is 9.83. The van der Waals surface area contributed by atoms with Crippen molar-refractivity contribution in [2.75, 3.05) is 13.7 Å². The van der Waals surface area contributed by atoms with Crippen molar-refractivity contribution >= 4 is 17.9 Å². The molecule has 2 aliphatic heterocycles. The summed E-state index contributed by atoms with van der Waals surface area (Å²) < 4.78 is 26.8. The molecule has 14 heteroatoms. The predicted octanol–water partition coefficient (Wildman–Crippen LogP) is -0.646. The predicted molar refractivity (Wildman–Crippen MR) is 121 cm³/mol. The zero-order valence-corrected chi connectivity index (χ0v) is 19.9. The second kappa shape index (κ2) is 11.0. The molecule has 0 aromatic heterocycles. The highest BCUT2D eigenvalue weighted by Crippen LogP contribution is 2.44. The van der Waals surface area contributed by atoms with Gasteiger partial charge in [0, 0.05) is 11.5 Å². The molecule has 2 heterocycles. The number of carboxylic acid groups (broad SMARTS) is 2. The highest BCUT2D eigenvalue weighted by Gasteiger charge is 2.52. The first kappa shape index (κ1) is 27.3. The van der Waals surface area contributed by atoms with Crippen molar-refractivity contribution in [1.82, 2.24) is 0 Å². The van der Waals surface area contributed by atoms with Crippen LogP contribution >= 0.6 is 0 Å². The summed E-state index contributed by atoms with van der Waals surface area (Å²) in [5.74, 6) is -5.77. The molecule has 3 aliphatic rings. The fourth-order valence-corrected chi connectivity index (χ4v) is 4.71. The third kappa shape index (κ3) is 5.04. The first-order chi connectivity index (χ1) is 18.1. The summed E-state index contributed by atoms with van der Waals surface area (Å²) in [6.45, 7) is -0.768. The van der Waals surface area contributed by atoms with E-state index in [-0.39, 0.29) is 34.6 Å². The number of aromatic hydroxyl groups is 1. The number of ether oxygens (including phenoxy) is 5. The molecule has 1 aromatic rings. The lowest BCUT2D eigenvalue weighted by Crippen LogP contribution is -2.61. The number of hydrogen-bond acceptors (Lipinski definition) is 12. The van der Waals surface area contributed by atoms with Crippen LogP contribution in [0.25, 0.3) is 0 Å². The highest BCUT2D eigenvalue weighted by molar-refractivity contribution is 5.91. The summed E-state index contributed by atoms with van der Waals surface area (Å²) in [6, 6.07) is 3.58. The molecule has 1 aliphatic carbocycles. The molecule has 14 nitrogen and oxygen atoms in total. The number of phenols is 1. The van der Waals surface area contributed by atoms with Gasteiger partial charge in [-0.15, -0.1) is 0 Å². The van der Waals surface area contributed by atoms with Gasteiger partial charge in [-0.1, -0.05) is 6.08 Å². The molecule has 0 saturated carbocycles. The lowest BCUT2D eigenvalue weighted by molar-refractivity contribution is -0.338. The minimum absolute atomic E-state index is 0.0291. The SMILES string of the molecule is COc1cc(C(=O)OC2C(O)C(CO)OC(OC3OC=C(C(=O)O)C4CC=C(C(=O)O)C34)C2O)ccc1O. The van der Waals surface area contributed by atoms with Crippen molar-refractivity contribution in [3.63, 3.8) is 0 Å². The van der Waals surface area contributed by atoms with Crippen LogP contribution in [0.15, 0.2) is 41.7 Å². The molecule has 1 fully saturated rings. The number of esters is 1. The number of allylic oxidation sites excluding steroid dienone is 1. The Morgan fingerprint density at radius 3 is 2.39 bits per heavy atom. The molecule has 38 heavy (non-hydrogen) atoms. The number of methoxy groups -OCH3 is 1. The molecule has 0 radical (unpaired) electrons. The zero-order valence-electron chi connectivity index (χ0n) is 19.9. The number of rotatable bonds is 8. The molecule has 8 atom stereocenters. The fraction of sp³-hybridized carbons (Fsp3) is 0.458. The van der Waals surface area contributed by atoms with Gasteiger partial charge in [-0.2, -0.15) is 0 Å². The summed E-state index contributed by atoms with van der Waals surface area (Å²) in [5.41, 5.74) is -0.400. The lowest BCUT2D eigenvalue weighted by Gasteiger charge is -2.43. The molecule has 8 unspecified atom stereocenters. The van der Waals surface area contributed by atoms with Gasteiger partial charge < -0.3 is 54.3 Å². The second-order valence-electron chi connectivity index (χ2n) is 8.81. The van der Waals surface area contributed by atoms with Crippen LogP contribution in [-0.4, -0.2) is 99.3 Å². The number of benzene rings is 1. The van der Waals surface area contributed by atoms with Crippen LogP contribution in [-0.2, 0) is 28.5 Å². The van der Waals surface area contributed by atoms with Gasteiger partial charge in [-0.3, -0.25) is 0 Å². The minimum atomic E-state index is -1.85. The molecular formula is C24H26O14. The van der Waals surface area contributed by atoms with E-state index >= 15 is 0 Å². The highest BCUT2D eigenvalue weighted by atomic mass is 16.8. The number of phenolic OH excluding ortho intramolecular Hbond substituents is 1. The van der Waals surface area contributed by atoms with Crippen molar-refractivity contribution in [3.8, 4) is 11.5 Å². The molecular weight excluding hydrogens is 512 g/mol. The Kier molecular flexibility index (Phi) is 7.89. The van der Waals surface area contributed by atoms with Gasteiger partial charge in [0.25, 0.3) is 0 Å². The van der Waals surface area contributed by atoms with E-state index in [4.69, 9.17) is 23.7 Å². The van der Waals surface area contributed by atoms with Crippen LogP contribution in [0.5, 0.6) is 11.5 Å². The third-order valence-corrected chi connectivity index (χ3v) is 6.65. The fourth-order valence-electron chi connectivity index (χ4n) is 4.71. The molecule has 0 bridgehead atoms. The van der Waals surface area contributed by atoms with E-state index in [0.29, 0.717) is 0 Å². The largest absolute Gasteiger partial charge is 0.504 e. The molecule has 0 spiro atoms. The number of carbonyl (C=O) groups is 3. The Balaban J connectivity index is 1.56. The Hall–Kier alpha value is -3.69. The quantitative estimate of drug-likeness (QED) is 0.227. The minimum Gasteiger partial charge on any atom is -0.504 e. The van der Waals surface area contributed by atoms with Crippen molar-refractivity contribution in [2.45, 2.75) is 43.4 Å². The van der Waals surface area contributed by atoms with Gasteiger partial charge in [-0.25, -0.2) is 14.4 Å². The summed E-state index contributed by atoms with van der Waals surface area (Å²) in [4.78, 5) is 36.1. The summed E-state index contributed by atoms with van der Waals surface area (Å²) in [7, 11) is 1.27. The van der Waals surface area contributed by atoms with Crippen molar-refractivity contribution in [1.29, 1.82) is 0 Å². The van der Waals surface area contributed by atoms with E-state index in [0.717, 1.165) is 6.26 Å². The molecule has 206 valence electrons. The van der Waals surface area contributed by atoms with Crippen LogP contribution in [0.4, 0.5) is 0 Å². The summed E-state index contributed by atoms with van der Waals surface area (Å²) >= 11 is 0. The third-order valence-electron chi connectivity index (χ3n) is 6.65. The first-order valence-electron chi connectivity index (χ1n) is 11.4. The smallest absolute Gasteiger partial charge is 0.338 e. The number of fused-ring (bicyclic) bond motifs is 1.